The van der Waals surface area contributed by atoms with Gasteiger partial charge in [0.05, 0.1) is 0 Å². The Morgan fingerprint density at radius 1 is 1.16 bits per heavy atom. The number of aliphatic carboxylic acids is 1. The van der Waals surface area contributed by atoms with E-state index in [1.165, 1.54) is 4.90 Å². The molecule has 3 N–H and O–H groups in total. The lowest BCUT2D eigenvalue weighted by molar-refractivity contribution is -0.139. The monoisotopic (exact) mass is 351 g/mol. The lowest BCUT2D eigenvalue weighted by atomic mass is 10.1. The van der Waals surface area contributed by atoms with Gasteiger partial charge in [0.2, 0.25) is 0 Å². The van der Waals surface area contributed by atoms with Crippen molar-refractivity contribution in [2.24, 2.45) is 0 Å². The summed E-state index contributed by atoms with van der Waals surface area (Å²) in [5.41, 5.74) is 0.901. The zero-order valence-electron chi connectivity index (χ0n) is 14.5. The van der Waals surface area contributed by atoms with E-state index in [2.05, 4.69) is 10.6 Å². The highest BCUT2D eigenvalue weighted by atomic mass is 16.5. The van der Waals surface area contributed by atoms with Crippen LogP contribution in [0.5, 0.6) is 0 Å². The van der Waals surface area contributed by atoms with Crippen molar-refractivity contribution in [3.8, 4) is 0 Å². The predicted molar refractivity (Wildman–Crippen MR) is 92.1 cm³/mol. The number of carbonyl (C=O) groups is 3. The molecule has 8 nitrogen and oxygen atoms in total. The van der Waals surface area contributed by atoms with E-state index in [0.29, 0.717) is 19.4 Å². The predicted octanol–water partition coefficient (Wildman–Crippen LogP) is 1.81. The number of carbonyl (C=O) groups excluding carboxylic acids is 2. The molecule has 1 atom stereocenters. The quantitative estimate of drug-likeness (QED) is 0.588. The molecule has 0 aliphatic rings. The Labute approximate surface area is 147 Å². The highest BCUT2D eigenvalue weighted by Crippen LogP contribution is 2.03. The van der Waals surface area contributed by atoms with Crippen molar-refractivity contribution < 1.29 is 24.2 Å². The van der Waals surface area contributed by atoms with Crippen LogP contribution in [-0.4, -0.2) is 54.8 Å². The molecule has 3 amide bonds. The van der Waals surface area contributed by atoms with Crippen LogP contribution in [-0.2, 0) is 16.1 Å². The Morgan fingerprint density at radius 3 is 2.44 bits per heavy atom. The Kier molecular flexibility index (Phi) is 8.84. The van der Waals surface area contributed by atoms with Crippen LogP contribution in [0.2, 0.25) is 0 Å². The van der Waals surface area contributed by atoms with Gasteiger partial charge in [0.25, 0.3) is 0 Å². The van der Waals surface area contributed by atoms with Crippen LogP contribution in [0.15, 0.2) is 30.3 Å². The summed E-state index contributed by atoms with van der Waals surface area (Å²) in [4.78, 5) is 35.5. The minimum Gasteiger partial charge on any atom is -0.480 e. The Hall–Kier alpha value is -2.77. The topological polar surface area (TPSA) is 108 Å². The number of nitrogens with zero attached hydrogens (tertiary/aromatic N) is 1. The molecule has 0 saturated heterocycles. The number of ether oxygens (including phenoxy) is 1. The van der Waals surface area contributed by atoms with Crippen LogP contribution in [0.1, 0.15) is 24.8 Å². The van der Waals surface area contributed by atoms with Crippen LogP contribution in [0.4, 0.5) is 9.59 Å². The van der Waals surface area contributed by atoms with E-state index in [9.17, 15) is 14.4 Å². The van der Waals surface area contributed by atoms with Gasteiger partial charge in [-0.1, -0.05) is 30.3 Å². The van der Waals surface area contributed by atoms with Crippen molar-refractivity contribution in [2.75, 3.05) is 20.6 Å². The van der Waals surface area contributed by atoms with E-state index in [4.69, 9.17) is 9.84 Å². The van der Waals surface area contributed by atoms with Gasteiger partial charge in [-0.2, -0.15) is 0 Å². The van der Waals surface area contributed by atoms with Crippen molar-refractivity contribution in [1.82, 2.24) is 15.5 Å². The lowest BCUT2D eigenvalue weighted by Gasteiger charge is -2.18. The van der Waals surface area contributed by atoms with Gasteiger partial charge < -0.3 is 25.4 Å². The third-order valence-corrected chi connectivity index (χ3v) is 3.40. The summed E-state index contributed by atoms with van der Waals surface area (Å²) in [6.45, 7) is 0.575. The second-order valence-corrected chi connectivity index (χ2v) is 5.72. The first-order chi connectivity index (χ1) is 11.9. The van der Waals surface area contributed by atoms with Crippen molar-refractivity contribution in [2.45, 2.75) is 31.9 Å². The van der Waals surface area contributed by atoms with Gasteiger partial charge in [0.1, 0.15) is 12.6 Å². The summed E-state index contributed by atoms with van der Waals surface area (Å²) >= 11 is 0. The van der Waals surface area contributed by atoms with Gasteiger partial charge in [-0.25, -0.2) is 14.4 Å². The molecule has 0 radical (unpaired) electrons. The number of rotatable bonds is 9. The first-order valence-corrected chi connectivity index (χ1v) is 8.05. The summed E-state index contributed by atoms with van der Waals surface area (Å²) < 4.78 is 5.07. The third kappa shape index (κ3) is 8.59. The van der Waals surface area contributed by atoms with E-state index >= 15 is 0 Å². The Balaban J connectivity index is 2.17. The van der Waals surface area contributed by atoms with Gasteiger partial charge in [-0.05, 0) is 24.8 Å². The molecular weight excluding hydrogens is 326 g/mol. The van der Waals surface area contributed by atoms with Crippen LogP contribution in [0, 0.1) is 0 Å². The molecule has 0 fully saturated rings. The molecule has 0 aromatic heterocycles. The zero-order valence-corrected chi connectivity index (χ0v) is 14.5. The second kappa shape index (κ2) is 10.9. The molecule has 1 aromatic carbocycles. The van der Waals surface area contributed by atoms with Crippen LogP contribution in [0.3, 0.4) is 0 Å². The molecule has 1 aromatic rings. The highest BCUT2D eigenvalue weighted by molar-refractivity contribution is 5.82. The highest BCUT2D eigenvalue weighted by Gasteiger charge is 2.20. The Morgan fingerprint density at radius 2 is 1.84 bits per heavy atom. The Bertz CT molecular complexity index is 563. The minimum absolute atomic E-state index is 0.199. The minimum atomic E-state index is -1.08. The summed E-state index contributed by atoms with van der Waals surface area (Å²) in [5.74, 6) is -1.08. The average Bonchev–Trinajstić information content (AvgIpc) is 2.59. The van der Waals surface area contributed by atoms with Crippen molar-refractivity contribution in [1.29, 1.82) is 0 Å². The van der Waals surface area contributed by atoms with E-state index in [0.717, 1.165) is 5.56 Å². The average molecular weight is 351 g/mol. The first kappa shape index (κ1) is 20.3. The number of benzene rings is 1. The molecule has 8 heteroatoms. The molecule has 1 rings (SSSR count). The number of unbranched alkanes of at least 4 members (excludes halogenated alkanes) is 1. The summed E-state index contributed by atoms with van der Waals surface area (Å²) in [6.07, 6.45) is 0.904. The molecule has 0 aliphatic carbocycles. The van der Waals surface area contributed by atoms with Gasteiger partial charge in [0.15, 0.2) is 0 Å². The van der Waals surface area contributed by atoms with Crippen LogP contribution in [0.25, 0.3) is 0 Å². The normalized spacial score (nSPS) is 11.3. The van der Waals surface area contributed by atoms with Crippen molar-refractivity contribution in [3.63, 3.8) is 0 Å². The lowest BCUT2D eigenvalue weighted by Crippen LogP contribution is -2.45. The van der Waals surface area contributed by atoms with Gasteiger partial charge >= 0.3 is 18.1 Å². The molecule has 25 heavy (non-hydrogen) atoms. The molecule has 138 valence electrons. The number of carboxylic acids is 1. The summed E-state index contributed by atoms with van der Waals surface area (Å²) in [7, 11) is 3.08. The van der Waals surface area contributed by atoms with Crippen LogP contribution < -0.4 is 10.6 Å². The maximum Gasteiger partial charge on any atom is 0.407 e. The summed E-state index contributed by atoms with van der Waals surface area (Å²) in [5, 5.41) is 14.1. The van der Waals surface area contributed by atoms with E-state index in [-0.39, 0.29) is 13.0 Å². The van der Waals surface area contributed by atoms with Gasteiger partial charge in [-0.3, -0.25) is 0 Å². The number of urea groups is 1. The molecule has 0 heterocycles. The number of carboxylic acid groups (broad SMARTS) is 1. The smallest absolute Gasteiger partial charge is 0.407 e. The maximum absolute atomic E-state index is 11.6. The van der Waals surface area contributed by atoms with Crippen LogP contribution >= 0.6 is 0 Å². The maximum atomic E-state index is 11.6. The molecule has 0 saturated carbocycles. The van der Waals surface area contributed by atoms with E-state index in [1.807, 2.05) is 30.3 Å². The fourth-order valence-electron chi connectivity index (χ4n) is 1.97. The van der Waals surface area contributed by atoms with E-state index < -0.39 is 24.1 Å². The number of amides is 3. The number of hydrogen-bond acceptors (Lipinski definition) is 4. The number of nitrogens with one attached hydrogen (secondary N) is 2. The number of hydrogen-bond donors (Lipinski definition) is 3. The van der Waals surface area contributed by atoms with Gasteiger partial charge in [-0.15, -0.1) is 0 Å². The zero-order chi connectivity index (χ0) is 18.7. The molecule has 0 bridgehead atoms. The fraction of sp³-hybridized carbons (Fsp3) is 0.471. The standard InChI is InChI=1S/C17H25N3O5/c1-20(2)16(23)19-14(15(21)22)10-6-7-11-18-17(24)25-12-13-8-4-3-5-9-13/h3-5,8-9,14H,6-7,10-12H2,1-2H3,(H,18,24)(H,19,23)(H,21,22)/t14-/m0/s1. The largest absolute Gasteiger partial charge is 0.480 e. The molecule has 0 unspecified atom stereocenters. The van der Waals surface area contributed by atoms with Gasteiger partial charge in [0, 0.05) is 20.6 Å². The molecule has 0 aliphatic heterocycles. The molecular formula is C17H25N3O5. The second-order valence-electron chi connectivity index (χ2n) is 5.72. The number of alkyl carbamates (subject to hydrolysis) is 1. The fourth-order valence-corrected chi connectivity index (χ4v) is 1.97. The summed E-state index contributed by atoms with van der Waals surface area (Å²) in [6, 6.07) is 7.95. The van der Waals surface area contributed by atoms with E-state index in [1.54, 1.807) is 14.1 Å². The SMILES string of the molecule is CN(C)C(=O)N[C@@H](CCCCNC(=O)OCc1ccccc1)C(=O)O. The first-order valence-electron chi connectivity index (χ1n) is 8.05. The van der Waals surface area contributed by atoms with Crippen molar-refractivity contribution >= 4 is 18.1 Å². The molecule has 0 spiro atoms. The van der Waals surface area contributed by atoms with Crippen molar-refractivity contribution in [3.05, 3.63) is 35.9 Å². The third-order valence-electron chi connectivity index (χ3n) is 3.40.